The van der Waals surface area contributed by atoms with Crippen LogP contribution in [0, 0.1) is 0 Å². The van der Waals surface area contributed by atoms with Gasteiger partial charge in [-0.1, -0.05) is 12.1 Å². The van der Waals surface area contributed by atoms with E-state index in [0.717, 1.165) is 6.42 Å². The lowest BCUT2D eigenvalue weighted by Crippen LogP contribution is -2.16. The van der Waals surface area contributed by atoms with E-state index in [0.29, 0.717) is 19.0 Å². The fourth-order valence-corrected chi connectivity index (χ4v) is 1.67. The minimum absolute atomic E-state index is 0.395. The highest BCUT2D eigenvalue weighted by atomic mass is 15.1. The summed E-state index contributed by atoms with van der Waals surface area (Å²) >= 11 is 0. The van der Waals surface area contributed by atoms with Gasteiger partial charge in [-0.25, -0.2) is 0 Å². The molecule has 0 spiro atoms. The molecule has 0 fully saturated rings. The van der Waals surface area contributed by atoms with Gasteiger partial charge in [0.25, 0.3) is 0 Å². The summed E-state index contributed by atoms with van der Waals surface area (Å²) in [6.45, 7) is 1.36. The summed E-state index contributed by atoms with van der Waals surface area (Å²) in [4.78, 5) is 2.09. The van der Waals surface area contributed by atoms with Crippen molar-refractivity contribution in [1.82, 2.24) is 0 Å². The van der Waals surface area contributed by atoms with Crippen molar-refractivity contribution < 1.29 is 0 Å². The van der Waals surface area contributed by atoms with Gasteiger partial charge in [-0.2, -0.15) is 0 Å². The van der Waals surface area contributed by atoms with Crippen molar-refractivity contribution in [3.05, 3.63) is 29.8 Å². The van der Waals surface area contributed by atoms with Crippen molar-refractivity contribution >= 4 is 5.69 Å². The van der Waals surface area contributed by atoms with Crippen LogP contribution in [-0.4, -0.2) is 27.2 Å². The first-order valence-electron chi connectivity index (χ1n) is 5.36. The van der Waals surface area contributed by atoms with Crippen molar-refractivity contribution in [2.75, 3.05) is 32.1 Å². The van der Waals surface area contributed by atoms with Crippen LogP contribution in [0.15, 0.2) is 24.3 Å². The second-order valence-electron chi connectivity index (χ2n) is 4.00. The summed E-state index contributed by atoms with van der Waals surface area (Å²) in [7, 11) is 4.07. The molecule has 0 aliphatic heterocycles. The molecule has 1 atom stereocenters. The Morgan fingerprint density at radius 1 is 1.13 bits per heavy atom. The molecule has 0 bridgehead atoms. The summed E-state index contributed by atoms with van der Waals surface area (Å²) < 4.78 is 0. The van der Waals surface area contributed by atoms with Gasteiger partial charge in [-0.3, -0.25) is 0 Å². The number of rotatable bonds is 5. The highest BCUT2D eigenvalue weighted by molar-refractivity contribution is 5.46. The van der Waals surface area contributed by atoms with Crippen molar-refractivity contribution in [2.24, 2.45) is 11.5 Å². The van der Waals surface area contributed by atoms with E-state index in [2.05, 4.69) is 29.2 Å². The zero-order valence-electron chi connectivity index (χ0n) is 9.61. The smallest absolute Gasteiger partial charge is 0.0361 e. The number of nitrogens with zero attached hydrogens (tertiary/aromatic N) is 1. The van der Waals surface area contributed by atoms with Crippen LogP contribution in [0.2, 0.25) is 0 Å². The Bertz CT molecular complexity index is 279. The molecule has 3 heteroatoms. The highest BCUT2D eigenvalue weighted by Crippen LogP contribution is 2.20. The largest absolute Gasteiger partial charge is 0.378 e. The molecule has 0 saturated heterocycles. The predicted octanol–water partition coefficient (Wildman–Crippen LogP) is 1.14. The van der Waals surface area contributed by atoms with E-state index in [-0.39, 0.29) is 0 Å². The van der Waals surface area contributed by atoms with Gasteiger partial charge in [-0.15, -0.1) is 0 Å². The molecule has 1 aromatic rings. The highest BCUT2D eigenvalue weighted by Gasteiger charge is 2.08. The minimum atomic E-state index is 0.395. The van der Waals surface area contributed by atoms with Gasteiger partial charge in [0, 0.05) is 19.8 Å². The van der Waals surface area contributed by atoms with E-state index >= 15 is 0 Å². The maximum absolute atomic E-state index is 5.72. The number of anilines is 1. The van der Waals surface area contributed by atoms with Crippen LogP contribution in [-0.2, 0) is 0 Å². The lowest BCUT2D eigenvalue weighted by Gasteiger charge is -2.17. The Labute approximate surface area is 92.1 Å². The molecule has 4 N–H and O–H groups in total. The molecule has 0 aliphatic carbocycles. The van der Waals surface area contributed by atoms with Crippen molar-refractivity contribution in [3.63, 3.8) is 0 Å². The van der Waals surface area contributed by atoms with Crippen LogP contribution in [0.4, 0.5) is 5.69 Å². The minimum Gasteiger partial charge on any atom is -0.378 e. The Morgan fingerprint density at radius 2 is 1.73 bits per heavy atom. The first-order chi connectivity index (χ1) is 7.19. The summed E-state index contributed by atoms with van der Waals surface area (Å²) in [5, 5.41) is 0. The molecule has 1 aromatic carbocycles. The van der Waals surface area contributed by atoms with Gasteiger partial charge in [-0.05, 0) is 43.1 Å². The third kappa shape index (κ3) is 3.22. The number of benzene rings is 1. The molecule has 0 aromatic heterocycles. The number of hydrogen-bond donors (Lipinski definition) is 2. The lowest BCUT2D eigenvalue weighted by atomic mass is 9.96. The predicted molar refractivity (Wildman–Crippen MR) is 66.2 cm³/mol. The number of hydrogen-bond acceptors (Lipinski definition) is 3. The SMILES string of the molecule is CN(C)c1ccc(C(CN)CCN)cc1. The van der Waals surface area contributed by atoms with Crippen LogP contribution in [0.3, 0.4) is 0 Å². The summed E-state index contributed by atoms with van der Waals surface area (Å²) in [6.07, 6.45) is 0.956. The first kappa shape index (κ1) is 12.0. The van der Waals surface area contributed by atoms with Gasteiger partial charge in [0.1, 0.15) is 0 Å². The zero-order valence-corrected chi connectivity index (χ0v) is 9.61. The van der Waals surface area contributed by atoms with E-state index < -0.39 is 0 Å². The molecule has 0 amide bonds. The van der Waals surface area contributed by atoms with E-state index in [1.807, 2.05) is 14.1 Å². The van der Waals surface area contributed by atoms with Crippen molar-refractivity contribution in [1.29, 1.82) is 0 Å². The van der Waals surface area contributed by atoms with Crippen LogP contribution in [0.1, 0.15) is 17.9 Å². The molecule has 1 rings (SSSR count). The third-order valence-electron chi connectivity index (χ3n) is 2.68. The van der Waals surface area contributed by atoms with Gasteiger partial charge in [0.05, 0.1) is 0 Å². The van der Waals surface area contributed by atoms with E-state index in [4.69, 9.17) is 11.5 Å². The Kier molecular flexibility index (Phi) is 4.59. The van der Waals surface area contributed by atoms with Gasteiger partial charge < -0.3 is 16.4 Å². The maximum Gasteiger partial charge on any atom is 0.0361 e. The topological polar surface area (TPSA) is 55.3 Å². The van der Waals surface area contributed by atoms with Gasteiger partial charge in [0.15, 0.2) is 0 Å². The fraction of sp³-hybridized carbons (Fsp3) is 0.500. The third-order valence-corrected chi connectivity index (χ3v) is 2.68. The monoisotopic (exact) mass is 207 g/mol. The zero-order chi connectivity index (χ0) is 11.3. The molecule has 0 radical (unpaired) electrons. The Balaban J connectivity index is 2.77. The van der Waals surface area contributed by atoms with Crippen molar-refractivity contribution in [3.8, 4) is 0 Å². The standard InChI is InChI=1S/C12H21N3/c1-15(2)12-5-3-10(4-6-12)11(9-14)7-8-13/h3-6,11H,7-9,13-14H2,1-2H3. The molecular weight excluding hydrogens is 186 g/mol. The average molecular weight is 207 g/mol. The number of nitrogens with two attached hydrogens (primary N) is 2. The van der Waals surface area contributed by atoms with Crippen molar-refractivity contribution in [2.45, 2.75) is 12.3 Å². The normalized spacial score (nSPS) is 12.5. The molecule has 1 unspecified atom stereocenters. The van der Waals surface area contributed by atoms with Gasteiger partial charge >= 0.3 is 0 Å². The van der Waals surface area contributed by atoms with Crippen LogP contribution < -0.4 is 16.4 Å². The summed E-state index contributed by atoms with van der Waals surface area (Å²) in [6, 6.07) is 8.52. The van der Waals surface area contributed by atoms with Crippen LogP contribution >= 0.6 is 0 Å². The molecule has 84 valence electrons. The van der Waals surface area contributed by atoms with Crippen LogP contribution in [0.5, 0.6) is 0 Å². The Hall–Kier alpha value is -1.06. The van der Waals surface area contributed by atoms with Crippen LogP contribution in [0.25, 0.3) is 0 Å². The molecule has 0 saturated carbocycles. The van der Waals surface area contributed by atoms with E-state index in [1.54, 1.807) is 0 Å². The quantitative estimate of drug-likeness (QED) is 0.761. The van der Waals surface area contributed by atoms with E-state index in [1.165, 1.54) is 11.3 Å². The summed E-state index contributed by atoms with van der Waals surface area (Å²) in [5.74, 6) is 0.395. The fourth-order valence-electron chi connectivity index (χ4n) is 1.67. The summed E-state index contributed by atoms with van der Waals surface area (Å²) in [5.41, 5.74) is 13.8. The van der Waals surface area contributed by atoms with Gasteiger partial charge in [0.2, 0.25) is 0 Å². The molecule has 3 nitrogen and oxygen atoms in total. The lowest BCUT2D eigenvalue weighted by molar-refractivity contribution is 0.643. The molecule has 15 heavy (non-hydrogen) atoms. The second-order valence-corrected chi connectivity index (χ2v) is 4.00. The average Bonchev–Trinajstić information content (AvgIpc) is 2.26. The maximum atomic E-state index is 5.72. The Morgan fingerprint density at radius 3 is 2.13 bits per heavy atom. The molecule has 0 aliphatic rings. The van der Waals surface area contributed by atoms with E-state index in [9.17, 15) is 0 Å². The molecular formula is C12H21N3. The molecule has 0 heterocycles. The first-order valence-corrected chi connectivity index (χ1v) is 5.36. The second kappa shape index (κ2) is 5.73.